The normalized spacial score (nSPS) is 18.3. The molecule has 0 fully saturated rings. The highest BCUT2D eigenvalue weighted by Gasteiger charge is 2.36. The van der Waals surface area contributed by atoms with Crippen molar-refractivity contribution in [3.8, 4) is 6.07 Å². The number of rotatable bonds is 5. The monoisotopic (exact) mass is 312 g/mol. The van der Waals surface area contributed by atoms with E-state index in [1.165, 1.54) is 0 Å². The van der Waals surface area contributed by atoms with Gasteiger partial charge in [-0.05, 0) is 18.9 Å². The molecule has 1 aromatic rings. The molecule has 1 unspecified atom stereocenters. The van der Waals surface area contributed by atoms with Gasteiger partial charge in [0.25, 0.3) is 0 Å². The number of nitrogens with two attached hydrogens (primary N) is 1. The summed E-state index contributed by atoms with van der Waals surface area (Å²) >= 11 is 0. The van der Waals surface area contributed by atoms with Gasteiger partial charge in [0.15, 0.2) is 5.76 Å². The maximum absolute atomic E-state index is 13.0. The fourth-order valence-electron chi connectivity index (χ4n) is 2.55. The van der Waals surface area contributed by atoms with Gasteiger partial charge in [-0.3, -0.25) is 4.79 Å². The zero-order valence-corrected chi connectivity index (χ0v) is 13.3. The Morgan fingerprint density at radius 1 is 1.30 bits per heavy atom. The van der Waals surface area contributed by atoms with Gasteiger partial charge < -0.3 is 15.2 Å². The number of carbonyl (C=O) groups is 1. The minimum atomic E-state index is -0.808. The maximum atomic E-state index is 13.0. The lowest BCUT2D eigenvalue weighted by Gasteiger charge is -2.15. The maximum Gasteiger partial charge on any atom is 0.213 e. The van der Waals surface area contributed by atoms with E-state index in [-0.39, 0.29) is 23.0 Å². The molecule has 0 radical (unpaired) electrons. The summed E-state index contributed by atoms with van der Waals surface area (Å²) in [4.78, 5) is 13.0. The van der Waals surface area contributed by atoms with Crippen molar-refractivity contribution in [3.05, 3.63) is 58.9 Å². The standard InChI is InChI=1S/C18H20N2O3/c1-3-8-14-17(22-4-2)16(21)15(12-9-6-5-7-10-12)13(11-19)18(20)23-14/h5-7,9-10,15H,3-4,8,20H2,1-2H3. The molecule has 1 aliphatic heterocycles. The van der Waals surface area contributed by atoms with Crippen molar-refractivity contribution in [2.24, 2.45) is 5.73 Å². The van der Waals surface area contributed by atoms with Crippen LogP contribution in [0.5, 0.6) is 0 Å². The molecule has 0 amide bonds. The summed E-state index contributed by atoms with van der Waals surface area (Å²) < 4.78 is 11.2. The van der Waals surface area contributed by atoms with E-state index in [0.29, 0.717) is 24.4 Å². The SMILES string of the molecule is CCCC1=C(OCC)C(=O)C(c2ccccc2)C(C#N)=C(N)O1. The van der Waals surface area contributed by atoms with Crippen LogP contribution in [-0.4, -0.2) is 12.4 Å². The molecule has 2 rings (SSSR count). The van der Waals surface area contributed by atoms with Crippen molar-refractivity contribution in [2.45, 2.75) is 32.6 Å². The third kappa shape index (κ3) is 3.37. The Kier molecular flexibility index (Phi) is 5.42. The van der Waals surface area contributed by atoms with Crippen LogP contribution in [-0.2, 0) is 14.3 Å². The van der Waals surface area contributed by atoms with Crippen LogP contribution in [0.2, 0.25) is 0 Å². The number of ketones is 1. The number of benzene rings is 1. The number of ether oxygens (including phenoxy) is 2. The number of nitriles is 1. The van der Waals surface area contributed by atoms with Gasteiger partial charge in [-0.2, -0.15) is 5.26 Å². The van der Waals surface area contributed by atoms with E-state index in [2.05, 4.69) is 0 Å². The van der Waals surface area contributed by atoms with Crippen LogP contribution in [0, 0.1) is 11.3 Å². The van der Waals surface area contributed by atoms with Gasteiger partial charge in [0.1, 0.15) is 11.6 Å². The van der Waals surface area contributed by atoms with Gasteiger partial charge in [0.2, 0.25) is 17.4 Å². The molecule has 1 aromatic carbocycles. The van der Waals surface area contributed by atoms with E-state index in [1.54, 1.807) is 19.1 Å². The Morgan fingerprint density at radius 3 is 2.57 bits per heavy atom. The predicted octanol–water partition coefficient (Wildman–Crippen LogP) is 3.11. The first-order chi connectivity index (χ1) is 11.1. The van der Waals surface area contributed by atoms with Crippen LogP contribution in [0.4, 0.5) is 0 Å². The van der Waals surface area contributed by atoms with Crippen LogP contribution in [0.25, 0.3) is 0 Å². The highest BCUT2D eigenvalue weighted by Crippen LogP contribution is 2.35. The summed E-state index contributed by atoms with van der Waals surface area (Å²) in [5, 5.41) is 9.49. The lowest BCUT2D eigenvalue weighted by molar-refractivity contribution is -0.119. The quantitative estimate of drug-likeness (QED) is 0.903. The van der Waals surface area contributed by atoms with Crippen LogP contribution in [0.15, 0.2) is 53.3 Å². The molecule has 1 aliphatic rings. The van der Waals surface area contributed by atoms with Crippen molar-refractivity contribution >= 4 is 5.78 Å². The largest absolute Gasteiger partial charge is 0.487 e. The predicted molar refractivity (Wildman–Crippen MR) is 85.7 cm³/mol. The lowest BCUT2D eigenvalue weighted by Crippen LogP contribution is -2.19. The van der Waals surface area contributed by atoms with Crippen LogP contribution >= 0.6 is 0 Å². The third-order valence-corrected chi connectivity index (χ3v) is 3.55. The van der Waals surface area contributed by atoms with Gasteiger partial charge in [-0.1, -0.05) is 37.3 Å². The van der Waals surface area contributed by atoms with E-state index in [4.69, 9.17) is 15.2 Å². The molecule has 0 aromatic heterocycles. The van der Waals surface area contributed by atoms with Crippen molar-refractivity contribution in [3.63, 3.8) is 0 Å². The molecule has 1 atom stereocenters. The summed E-state index contributed by atoms with van der Waals surface area (Å²) in [7, 11) is 0. The van der Waals surface area contributed by atoms with Gasteiger partial charge in [0.05, 0.1) is 12.5 Å². The molecule has 5 nitrogen and oxygen atoms in total. The molecule has 0 saturated carbocycles. The fourth-order valence-corrected chi connectivity index (χ4v) is 2.55. The first-order valence-electron chi connectivity index (χ1n) is 7.66. The van der Waals surface area contributed by atoms with E-state index in [9.17, 15) is 10.1 Å². The molecule has 0 aliphatic carbocycles. The molecule has 0 saturated heterocycles. The van der Waals surface area contributed by atoms with E-state index in [0.717, 1.165) is 6.42 Å². The third-order valence-electron chi connectivity index (χ3n) is 3.55. The second-order valence-electron chi connectivity index (χ2n) is 5.14. The Balaban J connectivity index is 2.61. The van der Waals surface area contributed by atoms with Crippen molar-refractivity contribution in [2.75, 3.05) is 6.61 Å². The molecule has 120 valence electrons. The van der Waals surface area contributed by atoms with Crippen molar-refractivity contribution in [1.82, 2.24) is 0 Å². The minimum Gasteiger partial charge on any atom is -0.487 e. The van der Waals surface area contributed by atoms with Crippen molar-refractivity contribution in [1.29, 1.82) is 5.26 Å². The average Bonchev–Trinajstić information content (AvgIpc) is 2.65. The minimum absolute atomic E-state index is 0.0344. The zero-order valence-electron chi connectivity index (χ0n) is 13.3. The molecule has 5 heteroatoms. The van der Waals surface area contributed by atoms with Gasteiger partial charge in [-0.15, -0.1) is 0 Å². The number of hydrogen-bond acceptors (Lipinski definition) is 5. The van der Waals surface area contributed by atoms with Gasteiger partial charge in [-0.25, -0.2) is 0 Å². The number of allylic oxidation sites excluding steroid dienone is 3. The topological polar surface area (TPSA) is 85.3 Å². The Bertz CT molecular complexity index is 684. The molecule has 23 heavy (non-hydrogen) atoms. The van der Waals surface area contributed by atoms with E-state index in [1.807, 2.05) is 31.2 Å². The summed E-state index contributed by atoms with van der Waals surface area (Å²) in [6, 6.07) is 11.1. The molecule has 1 heterocycles. The van der Waals surface area contributed by atoms with Crippen LogP contribution in [0.3, 0.4) is 0 Å². The highest BCUT2D eigenvalue weighted by molar-refractivity contribution is 6.02. The Labute approximate surface area is 136 Å². The summed E-state index contributed by atoms with van der Waals surface area (Å²) in [5.74, 6) is -0.581. The van der Waals surface area contributed by atoms with Gasteiger partial charge >= 0.3 is 0 Å². The molecule has 0 bridgehead atoms. The second kappa shape index (κ2) is 7.50. The molecular weight excluding hydrogens is 292 g/mol. The zero-order chi connectivity index (χ0) is 16.8. The highest BCUT2D eigenvalue weighted by atomic mass is 16.5. The van der Waals surface area contributed by atoms with Crippen LogP contribution < -0.4 is 5.73 Å². The lowest BCUT2D eigenvalue weighted by atomic mass is 9.87. The Hall–Kier alpha value is -2.74. The molecule has 2 N–H and O–H groups in total. The average molecular weight is 312 g/mol. The molecular formula is C18H20N2O3. The fraction of sp³-hybridized carbons (Fsp3) is 0.333. The first kappa shape index (κ1) is 16.6. The number of nitrogens with zero attached hydrogens (tertiary/aromatic N) is 1. The number of hydrogen-bond donors (Lipinski definition) is 1. The summed E-state index contributed by atoms with van der Waals surface area (Å²) in [5.41, 5.74) is 6.76. The van der Waals surface area contributed by atoms with Gasteiger partial charge in [0, 0.05) is 6.42 Å². The van der Waals surface area contributed by atoms with E-state index < -0.39 is 5.92 Å². The smallest absolute Gasteiger partial charge is 0.213 e. The summed E-state index contributed by atoms with van der Waals surface area (Å²) in [6.07, 6.45) is 1.28. The number of Topliss-reactive ketones (excluding diaryl/α,β-unsaturated/α-hetero) is 1. The van der Waals surface area contributed by atoms with Crippen LogP contribution in [0.1, 0.15) is 38.2 Å². The second-order valence-corrected chi connectivity index (χ2v) is 5.14. The number of carbonyl (C=O) groups excluding carboxylic acids is 1. The van der Waals surface area contributed by atoms with E-state index >= 15 is 0 Å². The van der Waals surface area contributed by atoms with Crippen molar-refractivity contribution < 1.29 is 14.3 Å². The first-order valence-corrected chi connectivity index (χ1v) is 7.66. The summed E-state index contributed by atoms with van der Waals surface area (Å²) in [6.45, 7) is 4.10. The molecule has 0 spiro atoms. The Morgan fingerprint density at radius 2 is 2.00 bits per heavy atom.